The quantitative estimate of drug-likeness (QED) is 0.514. The van der Waals surface area contributed by atoms with Crippen LogP contribution in [0.15, 0.2) is 0 Å². The second kappa shape index (κ2) is 5.54. The first kappa shape index (κ1) is 10.9. The number of carbonyl (C=O) groups excluding carboxylic acids is 1. The van der Waals surface area contributed by atoms with Crippen molar-refractivity contribution in [2.75, 3.05) is 6.54 Å². The molecule has 0 bridgehead atoms. The first-order valence-corrected chi connectivity index (χ1v) is 3.83. The van der Waals surface area contributed by atoms with Gasteiger partial charge in [0.2, 0.25) is 5.91 Å². The van der Waals surface area contributed by atoms with Crippen LogP contribution < -0.4 is 11.1 Å². The minimum absolute atomic E-state index is 0.157. The largest absolute Gasteiger partial charge is 0.480 e. The summed E-state index contributed by atoms with van der Waals surface area (Å²) in [6.07, 6.45) is 0.670. The van der Waals surface area contributed by atoms with E-state index >= 15 is 0 Å². The third-order valence-electron chi connectivity index (χ3n) is 1.29. The van der Waals surface area contributed by atoms with E-state index in [-0.39, 0.29) is 12.3 Å². The summed E-state index contributed by atoms with van der Waals surface area (Å²) in [5.74, 6) is -1.46. The van der Waals surface area contributed by atoms with E-state index in [1.54, 1.807) is 0 Å². The fraction of sp³-hybridized carbons (Fsp3) is 0.714. The van der Waals surface area contributed by atoms with Gasteiger partial charge in [-0.2, -0.15) is 0 Å². The van der Waals surface area contributed by atoms with Crippen molar-refractivity contribution in [3.8, 4) is 0 Å². The molecule has 0 aliphatic carbocycles. The van der Waals surface area contributed by atoms with E-state index in [9.17, 15) is 9.59 Å². The molecule has 70 valence electrons. The average molecular weight is 174 g/mol. The summed E-state index contributed by atoms with van der Waals surface area (Å²) in [6, 6.07) is -1.10. The van der Waals surface area contributed by atoms with Gasteiger partial charge < -0.3 is 16.2 Å². The summed E-state index contributed by atoms with van der Waals surface area (Å²) in [5.41, 5.74) is 5.13. The van der Waals surface area contributed by atoms with Gasteiger partial charge in [-0.05, 0) is 6.42 Å². The molecule has 0 aliphatic heterocycles. The Morgan fingerprint density at radius 3 is 2.58 bits per heavy atom. The van der Waals surface area contributed by atoms with Gasteiger partial charge in [0.1, 0.15) is 6.04 Å². The molecule has 0 fully saturated rings. The second-order valence-corrected chi connectivity index (χ2v) is 2.50. The minimum Gasteiger partial charge on any atom is -0.480 e. The van der Waals surface area contributed by atoms with Gasteiger partial charge in [-0.25, -0.2) is 0 Å². The van der Waals surface area contributed by atoms with Crippen molar-refractivity contribution in [2.45, 2.75) is 25.8 Å². The molecule has 0 unspecified atom stereocenters. The highest BCUT2D eigenvalue weighted by atomic mass is 16.4. The van der Waals surface area contributed by atoms with Gasteiger partial charge in [0.05, 0.1) is 6.42 Å². The molecule has 12 heavy (non-hydrogen) atoms. The molecular formula is C7H14N2O3. The lowest BCUT2D eigenvalue weighted by molar-refractivity contribution is -0.140. The fourth-order valence-corrected chi connectivity index (χ4v) is 0.624. The number of aliphatic carboxylic acids is 1. The van der Waals surface area contributed by atoms with Crippen molar-refractivity contribution in [1.29, 1.82) is 0 Å². The van der Waals surface area contributed by atoms with Crippen molar-refractivity contribution < 1.29 is 14.7 Å². The summed E-state index contributed by atoms with van der Waals surface area (Å²) in [7, 11) is 0. The summed E-state index contributed by atoms with van der Waals surface area (Å²) < 4.78 is 0. The monoisotopic (exact) mass is 174 g/mol. The molecule has 1 amide bonds. The Hall–Kier alpha value is -1.10. The third kappa shape index (κ3) is 4.68. The molecular weight excluding hydrogens is 160 g/mol. The minimum atomic E-state index is -1.15. The third-order valence-corrected chi connectivity index (χ3v) is 1.29. The predicted octanol–water partition coefficient (Wildman–Crippen LogP) is -0.685. The van der Waals surface area contributed by atoms with Gasteiger partial charge in [-0.3, -0.25) is 9.59 Å². The standard InChI is InChI=1S/C7H14N2O3/c1-2-3-9-6(10)4-5(8)7(11)12/h5H,2-4,8H2,1H3,(H,9,10)(H,11,12)/t5-/m0/s1. The van der Waals surface area contributed by atoms with Crippen LogP contribution in [0.3, 0.4) is 0 Å². The van der Waals surface area contributed by atoms with Gasteiger partial charge in [0.15, 0.2) is 0 Å². The topological polar surface area (TPSA) is 92.4 Å². The molecule has 0 spiro atoms. The summed E-state index contributed by atoms with van der Waals surface area (Å²) in [5, 5.41) is 10.9. The number of amides is 1. The molecule has 0 aromatic rings. The molecule has 0 saturated heterocycles. The Kier molecular flexibility index (Phi) is 5.03. The van der Waals surface area contributed by atoms with Crippen LogP contribution in [0.5, 0.6) is 0 Å². The lowest BCUT2D eigenvalue weighted by Crippen LogP contribution is -2.37. The lowest BCUT2D eigenvalue weighted by Gasteiger charge is -2.06. The lowest BCUT2D eigenvalue weighted by atomic mass is 10.2. The first-order chi connectivity index (χ1) is 5.57. The molecule has 0 heterocycles. The van der Waals surface area contributed by atoms with Crippen molar-refractivity contribution in [2.24, 2.45) is 5.73 Å². The van der Waals surface area contributed by atoms with E-state index < -0.39 is 12.0 Å². The van der Waals surface area contributed by atoms with Crippen LogP contribution in [0.25, 0.3) is 0 Å². The first-order valence-electron chi connectivity index (χ1n) is 3.83. The highest BCUT2D eigenvalue weighted by Crippen LogP contribution is 1.87. The highest BCUT2D eigenvalue weighted by molar-refractivity contribution is 5.84. The number of carboxylic acid groups (broad SMARTS) is 1. The van der Waals surface area contributed by atoms with Crippen LogP contribution >= 0.6 is 0 Å². The van der Waals surface area contributed by atoms with E-state index in [1.165, 1.54) is 0 Å². The molecule has 0 radical (unpaired) electrons. The molecule has 0 saturated carbocycles. The van der Waals surface area contributed by atoms with Gasteiger partial charge >= 0.3 is 5.97 Å². The van der Waals surface area contributed by atoms with E-state index in [0.717, 1.165) is 6.42 Å². The number of nitrogens with two attached hydrogens (primary N) is 1. The predicted molar refractivity (Wildman–Crippen MR) is 43.5 cm³/mol. The normalized spacial score (nSPS) is 12.2. The molecule has 0 aromatic carbocycles. The van der Waals surface area contributed by atoms with Crippen molar-refractivity contribution in [1.82, 2.24) is 5.32 Å². The molecule has 0 aromatic heterocycles. The van der Waals surface area contributed by atoms with E-state index in [0.29, 0.717) is 6.54 Å². The van der Waals surface area contributed by atoms with Gasteiger partial charge in [0, 0.05) is 6.54 Å². The van der Waals surface area contributed by atoms with Gasteiger partial charge in [-0.15, -0.1) is 0 Å². The van der Waals surface area contributed by atoms with Crippen LogP contribution in [0.4, 0.5) is 0 Å². The average Bonchev–Trinajstić information content (AvgIpc) is 2.00. The highest BCUT2D eigenvalue weighted by Gasteiger charge is 2.15. The Balaban J connectivity index is 3.61. The Labute approximate surface area is 70.9 Å². The number of hydrogen-bond donors (Lipinski definition) is 3. The Morgan fingerprint density at radius 1 is 1.58 bits per heavy atom. The maximum Gasteiger partial charge on any atom is 0.321 e. The molecule has 1 atom stereocenters. The second-order valence-electron chi connectivity index (χ2n) is 2.50. The van der Waals surface area contributed by atoms with Crippen molar-refractivity contribution in [3.63, 3.8) is 0 Å². The van der Waals surface area contributed by atoms with Crippen LogP contribution in [0.1, 0.15) is 19.8 Å². The van der Waals surface area contributed by atoms with Crippen LogP contribution in [0, 0.1) is 0 Å². The summed E-state index contributed by atoms with van der Waals surface area (Å²) >= 11 is 0. The smallest absolute Gasteiger partial charge is 0.321 e. The molecule has 0 rings (SSSR count). The number of carboxylic acids is 1. The van der Waals surface area contributed by atoms with Crippen molar-refractivity contribution >= 4 is 11.9 Å². The maximum atomic E-state index is 10.9. The SMILES string of the molecule is CCCNC(=O)C[C@H](N)C(=O)O. The van der Waals surface area contributed by atoms with Crippen LogP contribution in [-0.2, 0) is 9.59 Å². The maximum absolute atomic E-state index is 10.9. The van der Waals surface area contributed by atoms with Gasteiger partial charge in [0.25, 0.3) is 0 Å². The number of nitrogens with one attached hydrogen (secondary N) is 1. The molecule has 0 aliphatic rings. The number of carbonyl (C=O) groups is 2. The zero-order valence-electron chi connectivity index (χ0n) is 7.04. The zero-order chi connectivity index (χ0) is 9.56. The van der Waals surface area contributed by atoms with Crippen molar-refractivity contribution in [3.05, 3.63) is 0 Å². The van der Waals surface area contributed by atoms with Gasteiger partial charge in [-0.1, -0.05) is 6.92 Å². The Morgan fingerprint density at radius 2 is 2.17 bits per heavy atom. The number of rotatable bonds is 5. The molecule has 4 N–H and O–H groups in total. The van der Waals surface area contributed by atoms with Crippen LogP contribution in [-0.4, -0.2) is 29.6 Å². The summed E-state index contributed by atoms with van der Waals surface area (Å²) in [4.78, 5) is 21.1. The molecule has 5 heteroatoms. The van der Waals surface area contributed by atoms with Crippen LogP contribution in [0.2, 0.25) is 0 Å². The van der Waals surface area contributed by atoms with E-state index in [4.69, 9.17) is 10.8 Å². The Bertz CT molecular complexity index is 170. The van der Waals surface area contributed by atoms with E-state index in [1.807, 2.05) is 6.92 Å². The number of hydrogen-bond acceptors (Lipinski definition) is 3. The van der Waals surface area contributed by atoms with E-state index in [2.05, 4.69) is 5.32 Å². The summed E-state index contributed by atoms with van der Waals surface area (Å²) in [6.45, 7) is 2.47. The molecule has 5 nitrogen and oxygen atoms in total. The fourth-order valence-electron chi connectivity index (χ4n) is 0.624. The zero-order valence-corrected chi connectivity index (χ0v) is 7.04.